The molecule has 1 saturated heterocycles. The van der Waals surface area contributed by atoms with Crippen molar-refractivity contribution >= 4 is 17.0 Å². The van der Waals surface area contributed by atoms with Crippen molar-refractivity contribution in [1.29, 1.82) is 0 Å². The van der Waals surface area contributed by atoms with Gasteiger partial charge >= 0.3 is 0 Å². The molecular weight excluding hydrogens is 453 g/mol. The maximum Gasteiger partial charge on any atom is 0.259 e. The highest BCUT2D eigenvalue weighted by molar-refractivity contribution is 5.82. The number of ether oxygens (including phenoxy) is 3. The lowest BCUT2D eigenvalue weighted by Gasteiger charge is -2.26. The Morgan fingerprint density at radius 2 is 1.94 bits per heavy atom. The van der Waals surface area contributed by atoms with Crippen molar-refractivity contribution in [3.05, 3.63) is 40.6 Å². The lowest BCUT2D eigenvalue weighted by Crippen LogP contribution is -2.45. The standard InChI is InChI=1S/C25H30FN5O4/c1-31-23-14(8-17(24(31)32)16-9-15(33-2)10-19(34-3)20(16)26)11-28-25(30-23)29-21-18(27)12-35-22(21)13-6-4-5-7-13/h8-11,13,18,21-22H,4-7,12,27H2,1-3H3,(H,28,29,30)/t18-,21-,22?/m0/s1. The molecule has 5 rings (SSSR count). The molecule has 35 heavy (non-hydrogen) atoms. The summed E-state index contributed by atoms with van der Waals surface area (Å²) in [6, 6.07) is 4.22. The van der Waals surface area contributed by atoms with Gasteiger partial charge in [0.05, 0.1) is 44.6 Å². The van der Waals surface area contributed by atoms with Crippen LogP contribution >= 0.6 is 0 Å². The van der Waals surface area contributed by atoms with Gasteiger partial charge in [0.25, 0.3) is 5.56 Å². The van der Waals surface area contributed by atoms with Crippen molar-refractivity contribution in [3.63, 3.8) is 0 Å². The average molecular weight is 484 g/mol. The summed E-state index contributed by atoms with van der Waals surface area (Å²) in [6.45, 7) is 0.490. The predicted octanol–water partition coefficient (Wildman–Crippen LogP) is 2.85. The van der Waals surface area contributed by atoms with Crippen LogP contribution in [0.15, 0.2) is 29.2 Å². The van der Waals surface area contributed by atoms with Crippen LogP contribution < -0.4 is 26.1 Å². The van der Waals surface area contributed by atoms with E-state index < -0.39 is 11.4 Å². The van der Waals surface area contributed by atoms with Gasteiger partial charge in [0.1, 0.15) is 11.4 Å². The number of halogens is 1. The second-order valence-electron chi connectivity index (χ2n) is 9.26. The molecule has 0 amide bonds. The van der Waals surface area contributed by atoms with Gasteiger partial charge in [0.15, 0.2) is 11.6 Å². The molecule has 0 spiro atoms. The summed E-state index contributed by atoms with van der Waals surface area (Å²) in [7, 11) is 4.43. The molecule has 2 aromatic heterocycles. The van der Waals surface area contributed by atoms with Crippen molar-refractivity contribution in [2.45, 2.75) is 43.9 Å². The third-order valence-electron chi connectivity index (χ3n) is 7.16. The molecule has 3 aromatic rings. The van der Waals surface area contributed by atoms with Crippen LogP contribution in [0, 0.1) is 11.7 Å². The first-order valence-electron chi connectivity index (χ1n) is 11.8. The first-order valence-corrected chi connectivity index (χ1v) is 11.8. The van der Waals surface area contributed by atoms with Crippen LogP contribution in [0.4, 0.5) is 10.3 Å². The van der Waals surface area contributed by atoms with Crippen LogP contribution in [0.25, 0.3) is 22.2 Å². The van der Waals surface area contributed by atoms with Gasteiger partial charge in [-0.2, -0.15) is 4.98 Å². The number of hydrogen-bond donors (Lipinski definition) is 2. The maximum absolute atomic E-state index is 15.1. The second-order valence-corrected chi connectivity index (χ2v) is 9.26. The smallest absolute Gasteiger partial charge is 0.259 e. The minimum atomic E-state index is -0.642. The zero-order chi connectivity index (χ0) is 24.7. The monoisotopic (exact) mass is 483 g/mol. The van der Waals surface area contributed by atoms with E-state index in [0.717, 1.165) is 12.8 Å². The highest BCUT2D eigenvalue weighted by Gasteiger charge is 2.41. The minimum absolute atomic E-state index is 0.00997. The fraction of sp³-hybridized carbons (Fsp3) is 0.480. The Labute approximate surface area is 202 Å². The Morgan fingerprint density at radius 3 is 2.66 bits per heavy atom. The van der Waals surface area contributed by atoms with Crippen molar-refractivity contribution < 1.29 is 18.6 Å². The molecule has 10 heteroatoms. The Bertz CT molecular complexity index is 1310. The number of hydrogen-bond acceptors (Lipinski definition) is 8. The molecule has 1 aromatic carbocycles. The summed E-state index contributed by atoms with van der Waals surface area (Å²) < 4.78 is 32.9. The fourth-order valence-corrected chi connectivity index (χ4v) is 5.27. The Balaban J connectivity index is 1.52. The average Bonchev–Trinajstić information content (AvgIpc) is 3.52. The zero-order valence-corrected chi connectivity index (χ0v) is 20.1. The second kappa shape index (κ2) is 9.43. The summed E-state index contributed by atoms with van der Waals surface area (Å²) in [5.74, 6) is 0.580. The predicted molar refractivity (Wildman–Crippen MR) is 130 cm³/mol. The minimum Gasteiger partial charge on any atom is -0.497 e. The first kappa shape index (κ1) is 23.5. The Kier molecular flexibility index (Phi) is 6.33. The molecular formula is C25H30FN5O4. The van der Waals surface area contributed by atoms with Crippen LogP contribution in [-0.4, -0.2) is 53.5 Å². The molecule has 0 bridgehead atoms. The number of nitrogens with two attached hydrogens (primary N) is 1. The van der Waals surface area contributed by atoms with Gasteiger partial charge in [-0.05, 0) is 30.9 Å². The van der Waals surface area contributed by atoms with Gasteiger partial charge in [-0.25, -0.2) is 9.37 Å². The number of aryl methyl sites for hydroxylation is 1. The molecule has 2 aliphatic rings. The summed E-state index contributed by atoms with van der Waals surface area (Å²) >= 11 is 0. The van der Waals surface area contributed by atoms with E-state index in [1.54, 1.807) is 19.3 Å². The van der Waals surface area contributed by atoms with Crippen LogP contribution in [0.5, 0.6) is 11.5 Å². The van der Waals surface area contributed by atoms with E-state index in [2.05, 4.69) is 15.3 Å². The lowest BCUT2D eigenvalue weighted by atomic mass is 9.93. The molecule has 1 unspecified atom stereocenters. The number of nitrogens with zero attached hydrogens (tertiary/aromatic N) is 3. The molecule has 9 nitrogen and oxygen atoms in total. The van der Waals surface area contributed by atoms with Crippen molar-refractivity contribution in [3.8, 4) is 22.6 Å². The fourth-order valence-electron chi connectivity index (χ4n) is 5.27. The number of pyridine rings is 1. The topological polar surface area (TPSA) is 114 Å². The van der Waals surface area contributed by atoms with Gasteiger partial charge < -0.3 is 25.3 Å². The van der Waals surface area contributed by atoms with Gasteiger partial charge in [-0.15, -0.1) is 0 Å². The van der Waals surface area contributed by atoms with Gasteiger partial charge in [0, 0.05) is 30.3 Å². The van der Waals surface area contributed by atoms with Gasteiger partial charge in [-0.3, -0.25) is 9.36 Å². The van der Waals surface area contributed by atoms with E-state index in [1.807, 2.05) is 0 Å². The van der Waals surface area contributed by atoms with E-state index in [4.69, 9.17) is 19.9 Å². The van der Waals surface area contributed by atoms with Crippen LogP contribution in [-0.2, 0) is 11.8 Å². The number of nitrogens with one attached hydrogen (secondary N) is 1. The summed E-state index contributed by atoms with van der Waals surface area (Å²) in [6.07, 6.45) is 6.33. The number of anilines is 1. The Morgan fingerprint density at radius 1 is 1.17 bits per heavy atom. The maximum atomic E-state index is 15.1. The molecule has 186 valence electrons. The van der Waals surface area contributed by atoms with E-state index in [1.165, 1.54) is 43.8 Å². The van der Waals surface area contributed by atoms with E-state index in [9.17, 15) is 4.79 Å². The van der Waals surface area contributed by atoms with Crippen LogP contribution in [0.1, 0.15) is 25.7 Å². The first-order chi connectivity index (χ1) is 16.9. The highest BCUT2D eigenvalue weighted by Crippen LogP contribution is 2.35. The highest BCUT2D eigenvalue weighted by atomic mass is 19.1. The van der Waals surface area contributed by atoms with Crippen LogP contribution in [0.3, 0.4) is 0 Å². The molecule has 1 saturated carbocycles. The number of methoxy groups -OCH3 is 2. The normalized spacial score (nSPS) is 22.6. The van der Waals surface area contributed by atoms with Crippen molar-refractivity contribution in [2.24, 2.45) is 18.7 Å². The third kappa shape index (κ3) is 4.21. The zero-order valence-electron chi connectivity index (χ0n) is 20.1. The summed E-state index contributed by atoms with van der Waals surface area (Å²) in [4.78, 5) is 22.3. The molecule has 0 radical (unpaired) electrons. The molecule has 2 fully saturated rings. The molecule has 1 aliphatic carbocycles. The third-order valence-corrected chi connectivity index (χ3v) is 7.16. The summed E-state index contributed by atoms with van der Waals surface area (Å²) in [5.41, 5.74) is 6.61. The van der Waals surface area contributed by atoms with Gasteiger partial charge in [-0.1, -0.05) is 12.8 Å². The molecule has 3 heterocycles. The van der Waals surface area contributed by atoms with E-state index >= 15 is 4.39 Å². The van der Waals surface area contributed by atoms with E-state index in [-0.39, 0.29) is 35.1 Å². The molecule has 1 aliphatic heterocycles. The Hall–Kier alpha value is -3.24. The SMILES string of the molecule is COc1cc(OC)c(F)c(-c2cc3cnc(N[C@@H]4C(C5CCCC5)OC[C@@H]4N)nc3n(C)c2=O)c1. The van der Waals surface area contributed by atoms with Crippen molar-refractivity contribution in [1.82, 2.24) is 14.5 Å². The van der Waals surface area contributed by atoms with E-state index in [0.29, 0.717) is 35.3 Å². The number of aromatic nitrogens is 3. The number of fused-ring (bicyclic) bond motifs is 1. The molecule has 3 atom stereocenters. The molecule has 3 N–H and O–H groups in total. The quantitative estimate of drug-likeness (QED) is 0.550. The largest absolute Gasteiger partial charge is 0.497 e. The van der Waals surface area contributed by atoms with Crippen LogP contribution in [0.2, 0.25) is 0 Å². The summed E-state index contributed by atoms with van der Waals surface area (Å²) in [5, 5.41) is 3.95. The van der Waals surface area contributed by atoms with Gasteiger partial charge in [0.2, 0.25) is 5.95 Å². The van der Waals surface area contributed by atoms with Crippen molar-refractivity contribution in [2.75, 3.05) is 26.1 Å². The number of rotatable bonds is 6. The lowest BCUT2D eigenvalue weighted by molar-refractivity contribution is 0.0604. The number of benzene rings is 1.